The lowest BCUT2D eigenvalue weighted by molar-refractivity contribution is 0.0824. The zero-order valence-corrected chi connectivity index (χ0v) is 13.0. The van der Waals surface area contributed by atoms with Crippen LogP contribution in [0.3, 0.4) is 0 Å². The van der Waals surface area contributed by atoms with E-state index in [0.717, 1.165) is 25.1 Å². The fourth-order valence-electron chi connectivity index (χ4n) is 2.90. The van der Waals surface area contributed by atoms with Crippen LogP contribution in [0.2, 0.25) is 0 Å². The summed E-state index contributed by atoms with van der Waals surface area (Å²) in [4.78, 5) is 2.69. The van der Waals surface area contributed by atoms with Crippen LogP contribution in [-0.4, -0.2) is 49.3 Å². The molecule has 0 aromatic heterocycles. The van der Waals surface area contributed by atoms with Gasteiger partial charge in [0, 0.05) is 31.8 Å². The Morgan fingerprint density at radius 3 is 2.53 bits per heavy atom. The first-order valence-electron chi connectivity index (χ1n) is 8.26. The molecule has 19 heavy (non-hydrogen) atoms. The second-order valence-corrected chi connectivity index (χ2v) is 6.74. The number of ether oxygens (including phenoxy) is 1. The van der Waals surface area contributed by atoms with E-state index in [-0.39, 0.29) is 0 Å². The van der Waals surface area contributed by atoms with Crippen molar-refractivity contribution >= 4 is 0 Å². The lowest BCUT2D eigenvalue weighted by atomic mass is 10.1. The van der Waals surface area contributed by atoms with Gasteiger partial charge in [-0.3, -0.25) is 4.90 Å². The van der Waals surface area contributed by atoms with Gasteiger partial charge < -0.3 is 10.1 Å². The molecule has 112 valence electrons. The quantitative estimate of drug-likeness (QED) is 0.696. The molecule has 1 N–H and O–H groups in total. The van der Waals surface area contributed by atoms with Gasteiger partial charge in [0.05, 0.1) is 6.10 Å². The smallest absolute Gasteiger partial charge is 0.0726 e. The van der Waals surface area contributed by atoms with Crippen molar-refractivity contribution in [3.63, 3.8) is 0 Å². The van der Waals surface area contributed by atoms with Crippen LogP contribution in [0.1, 0.15) is 52.9 Å². The Labute approximate surface area is 119 Å². The molecule has 0 bridgehead atoms. The summed E-state index contributed by atoms with van der Waals surface area (Å²) in [5, 5.41) is 3.66. The van der Waals surface area contributed by atoms with Crippen molar-refractivity contribution in [1.82, 2.24) is 10.2 Å². The van der Waals surface area contributed by atoms with Crippen LogP contribution in [0.4, 0.5) is 0 Å². The third-order valence-electron chi connectivity index (χ3n) is 4.44. The van der Waals surface area contributed by atoms with E-state index in [9.17, 15) is 0 Å². The number of nitrogens with zero attached hydrogens (tertiary/aromatic N) is 1. The Bertz CT molecular complexity index is 247. The van der Waals surface area contributed by atoms with E-state index >= 15 is 0 Å². The zero-order valence-electron chi connectivity index (χ0n) is 13.0. The molecule has 0 spiro atoms. The van der Waals surface area contributed by atoms with Crippen LogP contribution in [0.25, 0.3) is 0 Å². The molecule has 1 heterocycles. The number of hydrogen-bond acceptors (Lipinski definition) is 3. The minimum absolute atomic E-state index is 0.449. The Hall–Kier alpha value is -0.120. The van der Waals surface area contributed by atoms with E-state index < -0.39 is 0 Å². The normalized spacial score (nSPS) is 25.4. The van der Waals surface area contributed by atoms with Crippen molar-refractivity contribution < 1.29 is 4.74 Å². The highest BCUT2D eigenvalue weighted by molar-refractivity contribution is 4.85. The molecule has 1 aliphatic carbocycles. The topological polar surface area (TPSA) is 24.5 Å². The van der Waals surface area contributed by atoms with Crippen LogP contribution >= 0.6 is 0 Å². The van der Waals surface area contributed by atoms with E-state index in [0.29, 0.717) is 12.1 Å². The second kappa shape index (κ2) is 7.61. The highest BCUT2D eigenvalue weighted by Gasteiger charge is 2.28. The predicted octanol–water partition coefficient (Wildman–Crippen LogP) is 2.65. The van der Waals surface area contributed by atoms with Gasteiger partial charge >= 0.3 is 0 Å². The highest BCUT2D eigenvalue weighted by Crippen LogP contribution is 2.27. The summed E-state index contributed by atoms with van der Waals surface area (Å²) in [7, 11) is 0. The lowest BCUT2D eigenvalue weighted by Gasteiger charge is -2.25. The fraction of sp³-hybridized carbons (Fsp3) is 1.00. The summed E-state index contributed by atoms with van der Waals surface area (Å²) in [6.45, 7) is 11.5. The molecule has 0 radical (unpaired) electrons. The van der Waals surface area contributed by atoms with E-state index in [1.807, 2.05) is 0 Å². The molecule has 0 aromatic rings. The molecule has 2 unspecified atom stereocenters. The van der Waals surface area contributed by atoms with Crippen LogP contribution in [-0.2, 0) is 4.74 Å². The number of rotatable bonds is 9. The third kappa shape index (κ3) is 5.41. The SMILES string of the molecule is CC(C)CCN(CCNC(C)C1CCCO1)C1CC1. The molecule has 3 heteroatoms. The van der Waals surface area contributed by atoms with Gasteiger partial charge in [-0.05, 0) is 51.5 Å². The van der Waals surface area contributed by atoms with E-state index in [1.54, 1.807) is 0 Å². The summed E-state index contributed by atoms with van der Waals surface area (Å²) in [5.41, 5.74) is 0. The summed E-state index contributed by atoms with van der Waals surface area (Å²) < 4.78 is 5.73. The average molecular weight is 268 g/mol. The molecule has 2 aliphatic rings. The largest absolute Gasteiger partial charge is 0.377 e. The van der Waals surface area contributed by atoms with Crippen LogP contribution in [0.5, 0.6) is 0 Å². The van der Waals surface area contributed by atoms with Gasteiger partial charge in [-0.2, -0.15) is 0 Å². The minimum atomic E-state index is 0.449. The van der Waals surface area contributed by atoms with Gasteiger partial charge in [0.2, 0.25) is 0 Å². The van der Waals surface area contributed by atoms with Gasteiger partial charge in [-0.25, -0.2) is 0 Å². The van der Waals surface area contributed by atoms with Gasteiger partial charge in [0.15, 0.2) is 0 Å². The first-order chi connectivity index (χ1) is 9.16. The zero-order chi connectivity index (χ0) is 13.7. The van der Waals surface area contributed by atoms with Gasteiger partial charge in [0.1, 0.15) is 0 Å². The van der Waals surface area contributed by atoms with Gasteiger partial charge in [-0.1, -0.05) is 13.8 Å². The van der Waals surface area contributed by atoms with E-state index in [2.05, 4.69) is 31.0 Å². The van der Waals surface area contributed by atoms with Crippen molar-refractivity contribution in [1.29, 1.82) is 0 Å². The maximum absolute atomic E-state index is 5.73. The summed E-state index contributed by atoms with van der Waals surface area (Å²) in [5.74, 6) is 0.819. The molecule has 1 aliphatic heterocycles. The molecule has 2 atom stereocenters. The minimum Gasteiger partial charge on any atom is -0.377 e. The first-order valence-corrected chi connectivity index (χ1v) is 8.26. The maximum Gasteiger partial charge on any atom is 0.0726 e. The summed E-state index contributed by atoms with van der Waals surface area (Å²) in [6, 6.07) is 1.40. The van der Waals surface area contributed by atoms with Crippen LogP contribution < -0.4 is 5.32 Å². The monoisotopic (exact) mass is 268 g/mol. The van der Waals surface area contributed by atoms with E-state index in [4.69, 9.17) is 4.74 Å². The van der Waals surface area contributed by atoms with Crippen molar-refractivity contribution in [3.8, 4) is 0 Å². The standard InChI is InChI=1S/C16H32N2O/c1-13(2)8-10-18(15-6-7-15)11-9-17-14(3)16-5-4-12-19-16/h13-17H,4-12H2,1-3H3. The third-order valence-corrected chi connectivity index (χ3v) is 4.44. The van der Waals surface area contributed by atoms with Crippen LogP contribution in [0, 0.1) is 5.92 Å². The van der Waals surface area contributed by atoms with E-state index in [1.165, 1.54) is 45.2 Å². The molecule has 2 rings (SSSR count). The van der Waals surface area contributed by atoms with Gasteiger partial charge in [0.25, 0.3) is 0 Å². The molecular weight excluding hydrogens is 236 g/mol. The van der Waals surface area contributed by atoms with Crippen LogP contribution in [0.15, 0.2) is 0 Å². The molecule has 2 fully saturated rings. The van der Waals surface area contributed by atoms with Crippen molar-refractivity contribution in [2.24, 2.45) is 5.92 Å². The lowest BCUT2D eigenvalue weighted by Crippen LogP contribution is -2.42. The molecular formula is C16H32N2O. The van der Waals surface area contributed by atoms with Crippen molar-refractivity contribution in [3.05, 3.63) is 0 Å². The van der Waals surface area contributed by atoms with Gasteiger partial charge in [-0.15, -0.1) is 0 Å². The maximum atomic E-state index is 5.73. The molecule has 3 nitrogen and oxygen atoms in total. The second-order valence-electron chi connectivity index (χ2n) is 6.74. The van der Waals surface area contributed by atoms with Crippen molar-refractivity contribution in [2.45, 2.75) is 71.1 Å². The molecule has 1 saturated heterocycles. The fourth-order valence-corrected chi connectivity index (χ4v) is 2.90. The predicted molar refractivity (Wildman–Crippen MR) is 80.5 cm³/mol. The Balaban J connectivity index is 1.61. The molecule has 1 saturated carbocycles. The Kier molecular flexibility index (Phi) is 6.11. The number of hydrogen-bond donors (Lipinski definition) is 1. The Morgan fingerprint density at radius 2 is 1.95 bits per heavy atom. The summed E-state index contributed by atoms with van der Waals surface area (Å²) >= 11 is 0. The molecule has 0 aromatic carbocycles. The molecule has 0 amide bonds. The highest BCUT2D eigenvalue weighted by atomic mass is 16.5. The van der Waals surface area contributed by atoms with Crippen molar-refractivity contribution in [2.75, 3.05) is 26.2 Å². The number of nitrogens with one attached hydrogen (secondary N) is 1. The first kappa shape index (κ1) is 15.3. The average Bonchev–Trinajstić information content (AvgIpc) is 3.06. The summed E-state index contributed by atoms with van der Waals surface area (Å²) in [6.07, 6.45) is 7.08. The Morgan fingerprint density at radius 1 is 1.16 bits per heavy atom.